The van der Waals surface area contributed by atoms with Crippen molar-refractivity contribution in [2.45, 2.75) is 55.3 Å². The number of guanidine groups is 2. The Morgan fingerprint density at radius 1 is 1.24 bits per heavy atom. The van der Waals surface area contributed by atoms with Crippen molar-refractivity contribution in [2.75, 3.05) is 13.6 Å². The van der Waals surface area contributed by atoms with Gasteiger partial charge in [0, 0.05) is 12.6 Å². The van der Waals surface area contributed by atoms with Crippen LogP contribution >= 0.6 is 0 Å². The molecule has 2 amide bonds. The highest BCUT2D eigenvalue weighted by molar-refractivity contribution is 5.96. The largest absolute Gasteiger partial charge is 0.370 e. The third kappa shape index (κ3) is 2.90. The third-order valence-corrected chi connectivity index (χ3v) is 7.25. The summed E-state index contributed by atoms with van der Waals surface area (Å²) in [5.74, 6) is -3.43. The molecule has 3 heterocycles. The summed E-state index contributed by atoms with van der Waals surface area (Å²) in [6, 6.07) is 2.44. The van der Waals surface area contributed by atoms with Gasteiger partial charge in [0.15, 0.2) is 18.0 Å². The molecule has 4 atom stereocenters. The van der Waals surface area contributed by atoms with Crippen LogP contribution in [0.1, 0.15) is 34.3 Å². The Hall–Kier alpha value is -3.38. The summed E-state index contributed by atoms with van der Waals surface area (Å²) in [5, 5.41) is 33.9. The standard InChI is InChI=1S/C21H28N8O4/c1-24-17(31)14-15-20(28-18(22)27-15)21(32,33)13(9-29(20)19(23)26-14)25-16(30)12-8-4-6-10-5-2-3-7-11(10)12/h4,6,8,13-15,32-33H,2-3,5,7,9H2,1H3,(H7,22,23,24,25,26,27,28,30,31)/p+1/t13-,14?,15-,20-/m0/s1. The number of aryl methyl sites for hydroxylation is 1. The summed E-state index contributed by atoms with van der Waals surface area (Å²) < 4.78 is 1.46. The fourth-order valence-electron chi connectivity index (χ4n) is 5.66. The average molecular weight is 458 g/mol. The highest BCUT2D eigenvalue weighted by Crippen LogP contribution is 2.41. The average Bonchev–Trinajstić information content (AvgIpc) is 3.27. The van der Waals surface area contributed by atoms with Crippen LogP contribution in [-0.2, 0) is 17.6 Å². The molecule has 0 bridgehead atoms. The van der Waals surface area contributed by atoms with Gasteiger partial charge >= 0.3 is 5.96 Å². The Labute approximate surface area is 190 Å². The van der Waals surface area contributed by atoms with E-state index in [0.29, 0.717) is 5.56 Å². The van der Waals surface area contributed by atoms with Crippen molar-refractivity contribution in [1.29, 1.82) is 0 Å². The van der Waals surface area contributed by atoms with Crippen molar-refractivity contribution in [3.63, 3.8) is 0 Å². The summed E-state index contributed by atoms with van der Waals surface area (Å²) >= 11 is 0. The van der Waals surface area contributed by atoms with E-state index in [-0.39, 0.29) is 18.5 Å². The molecule has 12 heteroatoms. The Bertz CT molecular complexity index is 1100. The zero-order chi connectivity index (χ0) is 23.5. The van der Waals surface area contributed by atoms with Gasteiger partial charge in [-0.25, -0.2) is 9.57 Å². The normalized spacial score (nSPS) is 31.4. The van der Waals surface area contributed by atoms with Crippen LogP contribution in [0.25, 0.3) is 0 Å². The van der Waals surface area contributed by atoms with Crippen LogP contribution in [-0.4, -0.2) is 81.7 Å². The number of aliphatic hydroxyl groups is 2. The van der Waals surface area contributed by atoms with Crippen molar-refractivity contribution < 1.29 is 24.4 Å². The molecule has 4 aliphatic rings. The van der Waals surface area contributed by atoms with Gasteiger partial charge < -0.3 is 31.9 Å². The molecule has 5 rings (SSSR count). The number of amides is 2. The zero-order valence-corrected chi connectivity index (χ0v) is 18.3. The van der Waals surface area contributed by atoms with Gasteiger partial charge in [0.1, 0.15) is 6.04 Å². The molecule has 1 fully saturated rings. The van der Waals surface area contributed by atoms with E-state index < -0.39 is 41.4 Å². The quantitative estimate of drug-likeness (QED) is 0.169. The highest BCUT2D eigenvalue weighted by Gasteiger charge is 2.75. The van der Waals surface area contributed by atoms with E-state index in [1.54, 1.807) is 6.07 Å². The fraction of sp³-hybridized carbons (Fsp3) is 0.524. The number of aliphatic imine (C=N–C) groups is 1. The summed E-state index contributed by atoms with van der Waals surface area (Å²) in [6.07, 6.45) is 3.80. The predicted molar refractivity (Wildman–Crippen MR) is 118 cm³/mol. The van der Waals surface area contributed by atoms with E-state index in [0.717, 1.165) is 36.8 Å². The summed E-state index contributed by atoms with van der Waals surface area (Å²) in [4.78, 5) is 30.1. The maximum Gasteiger partial charge on any atom is 0.346 e. The van der Waals surface area contributed by atoms with Gasteiger partial charge in [0.2, 0.25) is 11.4 Å². The van der Waals surface area contributed by atoms with Crippen molar-refractivity contribution in [3.8, 4) is 0 Å². The molecule has 1 aromatic rings. The molecule has 1 aromatic carbocycles. The number of benzene rings is 1. The molecule has 0 radical (unpaired) electrons. The van der Waals surface area contributed by atoms with Gasteiger partial charge in [-0.05, 0) is 42.9 Å². The maximum atomic E-state index is 13.3. The molecular formula is C21H29N8O4+. The SMILES string of the molecule is CNC(=O)C1NC(N)=[N+]2C[C@H](NC(=O)c3cccc4c3CCCC4)C(O)(O)[C@@]23NC(N)=N[C@@H]13. The Balaban J connectivity index is 1.50. The van der Waals surface area contributed by atoms with Crippen LogP contribution in [0.5, 0.6) is 0 Å². The first-order chi connectivity index (χ1) is 15.7. The molecule has 176 valence electrons. The van der Waals surface area contributed by atoms with Crippen LogP contribution < -0.4 is 32.7 Å². The van der Waals surface area contributed by atoms with Crippen molar-refractivity contribution in [1.82, 2.24) is 21.3 Å². The second-order valence-corrected chi connectivity index (χ2v) is 8.99. The van der Waals surface area contributed by atoms with Gasteiger partial charge in [0.25, 0.3) is 11.8 Å². The molecule has 0 aromatic heterocycles. The molecule has 1 aliphatic carbocycles. The molecule has 3 aliphatic heterocycles. The molecule has 0 saturated carbocycles. The number of rotatable bonds is 3. The predicted octanol–water partition coefficient (Wildman–Crippen LogP) is -3.61. The molecule has 12 nitrogen and oxygen atoms in total. The lowest BCUT2D eigenvalue weighted by atomic mass is 9.84. The number of fused-ring (bicyclic) bond motifs is 1. The van der Waals surface area contributed by atoms with E-state index in [4.69, 9.17) is 11.5 Å². The molecule has 33 heavy (non-hydrogen) atoms. The van der Waals surface area contributed by atoms with Crippen LogP contribution in [0, 0.1) is 0 Å². The van der Waals surface area contributed by atoms with Gasteiger partial charge in [-0.1, -0.05) is 12.1 Å². The van der Waals surface area contributed by atoms with Crippen LogP contribution in [0.2, 0.25) is 0 Å². The number of hydrogen-bond donors (Lipinski definition) is 8. The number of likely N-dealkylation sites (N-methyl/N-ethyl adjacent to an activating group) is 1. The number of carbonyl (C=O) groups excluding carboxylic acids is 2. The molecule has 1 unspecified atom stereocenters. The van der Waals surface area contributed by atoms with Gasteiger partial charge in [0.05, 0.1) is 6.54 Å². The minimum absolute atomic E-state index is 0.0403. The zero-order valence-electron chi connectivity index (χ0n) is 18.3. The van der Waals surface area contributed by atoms with E-state index in [1.165, 1.54) is 11.6 Å². The number of hydrogen-bond acceptors (Lipinski definition) is 9. The lowest BCUT2D eigenvalue weighted by Gasteiger charge is -2.43. The highest BCUT2D eigenvalue weighted by atomic mass is 16.5. The minimum atomic E-state index is -2.56. The number of nitrogens with two attached hydrogens (primary N) is 2. The first-order valence-corrected chi connectivity index (χ1v) is 11.1. The topological polar surface area (TPSA) is 190 Å². The van der Waals surface area contributed by atoms with E-state index >= 15 is 0 Å². The van der Waals surface area contributed by atoms with Crippen molar-refractivity contribution in [2.24, 2.45) is 16.5 Å². The van der Waals surface area contributed by atoms with E-state index in [9.17, 15) is 19.8 Å². The van der Waals surface area contributed by atoms with Crippen LogP contribution in [0.3, 0.4) is 0 Å². The molecule has 10 N–H and O–H groups in total. The van der Waals surface area contributed by atoms with Crippen LogP contribution in [0.4, 0.5) is 0 Å². The maximum absolute atomic E-state index is 13.3. The Morgan fingerprint density at radius 2 is 2.00 bits per heavy atom. The van der Waals surface area contributed by atoms with Gasteiger partial charge in [-0.15, -0.1) is 0 Å². The Morgan fingerprint density at radius 3 is 2.76 bits per heavy atom. The minimum Gasteiger partial charge on any atom is -0.370 e. The summed E-state index contributed by atoms with van der Waals surface area (Å²) in [5.41, 5.74) is 13.0. The number of nitrogens with one attached hydrogen (secondary N) is 4. The lowest BCUT2D eigenvalue weighted by Crippen LogP contribution is -2.80. The molecule has 1 saturated heterocycles. The number of nitrogens with zero attached hydrogens (tertiary/aromatic N) is 2. The molecule has 1 spiro atoms. The first-order valence-electron chi connectivity index (χ1n) is 11.1. The van der Waals surface area contributed by atoms with Gasteiger partial charge in [-0.3, -0.25) is 20.6 Å². The summed E-state index contributed by atoms with van der Waals surface area (Å²) in [6.45, 7) is -0.0423. The smallest absolute Gasteiger partial charge is 0.346 e. The third-order valence-electron chi connectivity index (χ3n) is 7.25. The van der Waals surface area contributed by atoms with Crippen molar-refractivity contribution >= 4 is 23.7 Å². The van der Waals surface area contributed by atoms with E-state index in [2.05, 4.69) is 26.3 Å². The lowest BCUT2D eigenvalue weighted by molar-refractivity contribution is -0.622. The molecular weight excluding hydrogens is 428 g/mol. The van der Waals surface area contributed by atoms with E-state index in [1.807, 2.05) is 12.1 Å². The Kier molecular flexibility index (Phi) is 4.76. The second-order valence-electron chi connectivity index (χ2n) is 8.99. The second kappa shape index (κ2) is 7.32. The number of carbonyl (C=O) groups is 2. The van der Waals surface area contributed by atoms with Gasteiger partial charge in [-0.2, -0.15) is 0 Å². The van der Waals surface area contributed by atoms with Crippen LogP contribution in [0.15, 0.2) is 23.2 Å². The fourth-order valence-corrected chi connectivity index (χ4v) is 5.66. The first kappa shape index (κ1) is 21.5. The monoisotopic (exact) mass is 457 g/mol. The summed E-state index contributed by atoms with van der Waals surface area (Å²) in [7, 11) is 1.46. The van der Waals surface area contributed by atoms with Crippen molar-refractivity contribution in [3.05, 3.63) is 34.9 Å².